The van der Waals surface area contributed by atoms with Gasteiger partial charge in [-0.05, 0) is 65.5 Å². The van der Waals surface area contributed by atoms with Crippen LogP contribution < -0.4 is 16.0 Å². The van der Waals surface area contributed by atoms with Crippen molar-refractivity contribution in [3.8, 4) is 0 Å². The van der Waals surface area contributed by atoms with Crippen molar-refractivity contribution in [2.75, 3.05) is 19.6 Å². The van der Waals surface area contributed by atoms with E-state index in [1.54, 1.807) is 0 Å². The molecule has 1 aliphatic heterocycles. The molecule has 0 radical (unpaired) electrons. The molecule has 5 nitrogen and oxygen atoms in total. The van der Waals surface area contributed by atoms with Crippen molar-refractivity contribution in [2.24, 2.45) is 5.92 Å². The molecule has 2 fully saturated rings. The van der Waals surface area contributed by atoms with E-state index in [1.807, 2.05) is 20.8 Å². The van der Waals surface area contributed by atoms with Gasteiger partial charge in [-0.2, -0.15) is 0 Å². The van der Waals surface area contributed by atoms with Gasteiger partial charge in [0.1, 0.15) is 5.60 Å². The van der Waals surface area contributed by atoms with Crippen LogP contribution in [0.5, 0.6) is 0 Å². The lowest BCUT2D eigenvalue weighted by Crippen LogP contribution is -2.49. The van der Waals surface area contributed by atoms with Gasteiger partial charge >= 0.3 is 6.09 Å². The number of piperidine rings is 1. The number of nitrogens with one attached hydrogen (secondary N) is 3. The topological polar surface area (TPSA) is 62.4 Å². The molecule has 1 unspecified atom stereocenters. The summed E-state index contributed by atoms with van der Waals surface area (Å²) in [5.74, 6) is 0.622. The summed E-state index contributed by atoms with van der Waals surface area (Å²) in [4.78, 5) is 11.9. The van der Waals surface area contributed by atoms with Crippen LogP contribution in [0, 0.1) is 5.92 Å². The lowest BCUT2D eigenvalue weighted by atomic mass is 10.1. The number of amides is 1. The lowest BCUT2D eigenvalue weighted by Gasteiger charge is -2.28. The molecule has 3 N–H and O–H groups in total. The third-order valence-electron chi connectivity index (χ3n) is 3.86. The summed E-state index contributed by atoms with van der Waals surface area (Å²) in [6.07, 6.45) is 4.48. The van der Waals surface area contributed by atoms with Gasteiger partial charge < -0.3 is 20.7 Å². The molecule has 20 heavy (non-hydrogen) atoms. The van der Waals surface area contributed by atoms with E-state index in [1.165, 1.54) is 25.7 Å². The lowest BCUT2D eigenvalue weighted by molar-refractivity contribution is 0.0496. The highest BCUT2D eigenvalue weighted by atomic mass is 16.6. The zero-order chi connectivity index (χ0) is 14.6. The number of ether oxygens (including phenoxy) is 1. The first-order valence-electron chi connectivity index (χ1n) is 7.87. The van der Waals surface area contributed by atoms with Crippen molar-refractivity contribution >= 4 is 6.09 Å². The molecule has 1 aliphatic carbocycles. The van der Waals surface area contributed by atoms with Gasteiger partial charge in [0.15, 0.2) is 0 Å². The second-order valence-electron chi connectivity index (χ2n) is 7.02. The Morgan fingerprint density at radius 1 is 1.25 bits per heavy atom. The molecule has 0 aromatic rings. The van der Waals surface area contributed by atoms with E-state index in [0.29, 0.717) is 12.0 Å². The number of hydrogen-bond donors (Lipinski definition) is 3. The zero-order valence-electron chi connectivity index (χ0n) is 13.0. The molecule has 1 saturated carbocycles. The third kappa shape index (κ3) is 5.67. The Hall–Kier alpha value is -0.810. The van der Waals surface area contributed by atoms with E-state index in [-0.39, 0.29) is 12.1 Å². The molecule has 116 valence electrons. The fraction of sp³-hybridized carbons (Fsp3) is 0.933. The van der Waals surface area contributed by atoms with Crippen LogP contribution in [0.25, 0.3) is 0 Å². The molecule has 2 rings (SSSR count). The van der Waals surface area contributed by atoms with E-state index >= 15 is 0 Å². The van der Waals surface area contributed by atoms with Crippen molar-refractivity contribution in [3.63, 3.8) is 0 Å². The van der Waals surface area contributed by atoms with E-state index in [2.05, 4.69) is 16.0 Å². The summed E-state index contributed by atoms with van der Waals surface area (Å²) >= 11 is 0. The normalized spacial score (nSPS) is 22.4. The molecule has 0 bridgehead atoms. The number of carbonyl (C=O) groups is 1. The highest BCUT2D eigenvalue weighted by molar-refractivity contribution is 5.68. The SMILES string of the molecule is CC(C)(C)OC(=O)NC(CNC1CCNCC1)C1CC1. The van der Waals surface area contributed by atoms with Gasteiger partial charge in [-0.25, -0.2) is 4.79 Å². The van der Waals surface area contributed by atoms with E-state index < -0.39 is 5.60 Å². The highest BCUT2D eigenvalue weighted by Gasteiger charge is 2.33. The van der Waals surface area contributed by atoms with Gasteiger partial charge in [-0.15, -0.1) is 0 Å². The standard InChI is InChI=1S/C15H29N3O2/c1-15(2,3)20-14(19)18-13(11-4-5-11)10-17-12-6-8-16-9-7-12/h11-13,16-17H,4-10H2,1-3H3,(H,18,19). The third-order valence-corrected chi connectivity index (χ3v) is 3.86. The molecule has 1 amide bonds. The maximum atomic E-state index is 11.9. The van der Waals surface area contributed by atoms with Crippen LogP contribution in [-0.2, 0) is 4.74 Å². The molecule has 2 aliphatic rings. The van der Waals surface area contributed by atoms with Crippen molar-refractivity contribution in [3.05, 3.63) is 0 Å². The summed E-state index contributed by atoms with van der Waals surface area (Å²) in [7, 11) is 0. The minimum absolute atomic E-state index is 0.208. The van der Waals surface area contributed by atoms with Crippen LogP contribution in [0.2, 0.25) is 0 Å². The van der Waals surface area contributed by atoms with Crippen LogP contribution >= 0.6 is 0 Å². The maximum Gasteiger partial charge on any atom is 0.407 e. The molecule has 1 saturated heterocycles. The van der Waals surface area contributed by atoms with E-state index in [9.17, 15) is 4.79 Å². The zero-order valence-corrected chi connectivity index (χ0v) is 13.0. The van der Waals surface area contributed by atoms with Crippen LogP contribution in [-0.4, -0.2) is 43.4 Å². The maximum absolute atomic E-state index is 11.9. The minimum Gasteiger partial charge on any atom is -0.444 e. The average Bonchev–Trinajstić information content (AvgIpc) is 3.17. The molecule has 1 heterocycles. The van der Waals surface area contributed by atoms with Gasteiger partial charge in [-0.3, -0.25) is 0 Å². The fourth-order valence-corrected chi connectivity index (χ4v) is 2.61. The fourth-order valence-electron chi connectivity index (χ4n) is 2.61. The molecule has 5 heteroatoms. The Kier molecular flexibility index (Phi) is 5.27. The summed E-state index contributed by atoms with van der Waals surface area (Å²) in [5.41, 5.74) is -0.430. The second-order valence-corrected chi connectivity index (χ2v) is 7.02. The summed E-state index contributed by atoms with van der Waals surface area (Å²) in [6.45, 7) is 8.72. The van der Waals surface area contributed by atoms with Gasteiger partial charge in [0.05, 0.1) is 0 Å². The first-order valence-corrected chi connectivity index (χ1v) is 7.87. The second kappa shape index (κ2) is 6.76. The number of alkyl carbamates (subject to hydrolysis) is 1. The molecule has 0 aromatic heterocycles. The average molecular weight is 283 g/mol. The quantitative estimate of drug-likeness (QED) is 0.718. The van der Waals surface area contributed by atoms with E-state index in [0.717, 1.165) is 19.6 Å². The Morgan fingerprint density at radius 2 is 1.90 bits per heavy atom. The Labute approximate surface area is 122 Å². The predicted octanol–water partition coefficient (Wildman–Crippen LogP) is 1.63. The monoisotopic (exact) mass is 283 g/mol. The van der Waals surface area contributed by atoms with Crippen molar-refractivity contribution in [1.82, 2.24) is 16.0 Å². The number of hydrogen-bond acceptors (Lipinski definition) is 4. The Morgan fingerprint density at radius 3 is 2.45 bits per heavy atom. The van der Waals surface area contributed by atoms with Crippen LogP contribution in [0.1, 0.15) is 46.5 Å². The van der Waals surface area contributed by atoms with Crippen LogP contribution in [0.15, 0.2) is 0 Å². The smallest absolute Gasteiger partial charge is 0.407 e. The van der Waals surface area contributed by atoms with Crippen molar-refractivity contribution in [1.29, 1.82) is 0 Å². The molecular formula is C15H29N3O2. The largest absolute Gasteiger partial charge is 0.444 e. The summed E-state index contributed by atoms with van der Waals surface area (Å²) < 4.78 is 5.35. The molecule has 0 spiro atoms. The molecule has 0 aromatic carbocycles. The first kappa shape index (κ1) is 15.6. The predicted molar refractivity (Wildman–Crippen MR) is 79.8 cm³/mol. The summed E-state index contributed by atoms with van der Waals surface area (Å²) in [5, 5.41) is 10.0. The van der Waals surface area contributed by atoms with Crippen molar-refractivity contribution in [2.45, 2.75) is 64.1 Å². The van der Waals surface area contributed by atoms with Crippen molar-refractivity contribution < 1.29 is 9.53 Å². The highest BCUT2D eigenvalue weighted by Crippen LogP contribution is 2.32. The Balaban J connectivity index is 1.74. The van der Waals surface area contributed by atoms with Gasteiger partial charge in [-0.1, -0.05) is 0 Å². The Bertz CT molecular complexity index is 318. The van der Waals surface area contributed by atoms with Gasteiger partial charge in [0.25, 0.3) is 0 Å². The van der Waals surface area contributed by atoms with Gasteiger partial charge in [0.2, 0.25) is 0 Å². The number of rotatable bonds is 5. The van der Waals surface area contributed by atoms with E-state index in [4.69, 9.17) is 4.74 Å². The summed E-state index contributed by atoms with van der Waals surface area (Å²) in [6, 6.07) is 0.790. The number of carbonyl (C=O) groups excluding carboxylic acids is 1. The minimum atomic E-state index is -0.430. The first-order chi connectivity index (χ1) is 9.44. The van der Waals surface area contributed by atoms with Crippen LogP contribution in [0.3, 0.4) is 0 Å². The van der Waals surface area contributed by atoms with Crippen LogP contribution in [0.4, 0.5) is 4.79 Å². The molecular weight excluding hydrogens is 254 g/mol. The molecule has 1 atom stereocenters. The van der Waals surface area contributed by atoms with Gasteiger partial charge in [0, 0.05) is 18.6 Å².